The van der Waals surface area contributed by atoms with Gasteiger partial charge in [-0.05, 0) is 54.1 Å². The van der Waals surface area contributed by atoms with Gasteiger partial charge in [-0.15, -0.1) is 0 Å². The third kappa shape index (κ3) is 5.06. The van der Waals surface area contributed by atoms with Crippen molar-refractivity contribution in [2.24, 2.45) is 0 Å². The van der Waals surface area contributed by atoms with E-state index < -0.39 is 11.6 Å². The van der Waals surface area contributed by atoms with Gasteiger partial charge in [0.2, 0.25) is 5.43 Å². The van der Waals surface area contributed by atoms with E-state index in [1.54, 1.807) is 39.8 Å². The molecule has 40 heavy (non-hydrogen) atoms. The van der Waals surface area contributed by atoms with E-state index in [0.717, 1.165) is 24.3 Å². The Kier molecular flexibility index (Phi) is 6.56. The number of ether oxygens (including phenoxy) is 1. The van der Waals surface area contributed by atoms with Crippen molar-refractivity contribution in [1.82, 2.24) is 24.3 Å². The average Bonchev–Trinajstić information content (AvgIpc) is 3.48. The summed E-state index contributed by atoms with van der Waals surface area (Å²) >= 11 is 0. The molecule has 0 saturated carbocycles. The van der Waals surface area contributed by atoms with Crippen LogP contribution in [-0.4, -0.2) is 61.8 Å². The van der Waals surface area contributed by atoms with Crippen LogP contribution in [0.2, 0.25) is 0 Å². The lowest BCUT2D eigenvalue weighted by Crippen LogP contribution is -2.46. The van der Waals surface area contributed by atoms with Gasteiger partial charge in [-0.1, -0.05) is 12.1 Å². The number of pyridine rings is 2. The van der Waals surface area contributed by atoms with Crippen molar-refractivity contribution in [3.05, 3.63) is 101 Å². The molecule has 1 N–H and O–H groups in total. The van der Waals surface area contributed by atoms with E-state index in [1.807, 2.05) is 24.3 Å². The number of hydrogen-bond acceptors (Lipinski definition) is 8. The van der Waals surface area contributed by atoms with Crippen LogP contribution in [0.3, 0.4) is 0 Å². The zero-order valence-corrected chi connectivity index (χ0v) is 21.2. The first kappa shape index (κ1) is 25.0. The molecule has 1 fully saturated rings. The average molecular weight is 542 g/mol. The first-order chi connectivity index (χ1) is 19.4. The molecule has 0 amide bonds. The van der Waals surface area contributed by atoms with Gasteiger partial charge >= 0.3 is 6.16 Å². The molecule has 1 aliphatic heterocycles. The Balaban J connectivity index is 1.33. The topological polar surface area (TPSA) is 119 Å². The summed E-state index contributed by atoms with van der Waals surface area (Å²) in [6, 6.07) is 17.4. The monoisotopic (exact) mass is 541 g/mol. The highest BCUT2D eigenvalue weighted by atomic mass is 19.1. The van der Waals surface area contributed by atoms with E-state index in [-0.39, 0.29) is 17.0 Å². The van der Waals surface area contributed by atoms with Crippen LogP contribution in [0, 0.1) is 5.82 Å². The predicted molar refractivity (Wildman–Crippen MR) is 146 cm³/mol. The minimum atomic E-state index is -1.57. The molecule has 12 heteroatoms. The molecule has 0 spiro atoms. The number of halogens is 1. The lowest BCUT2D eigenvalue weighted by molar-refractivity contribution is 0.144. The van der Waals surface area contributed by atoms with Crippen LogP contribution in [0.15, 0.2) is 84.3 Å². The molecule has 11 nitrogen and oxygen atoms in total. The zero-order valence-electron chi connectivity index (χ0n) is 21.2. The molecule has 5 aromatic rings. The Labute approximate surface area is 227 Å². The van der Waals surface area contributed by atoms with Gasteiger partial charge in [0.1, 0.15) is 24.3 Å². The SMILES string of the molecule is O=C(O)Oc1cn(-c2ccc(Cn3cncn3)cc2)c2nc(N3CCN(c4ccc(F)cc4)CC3)ccc2c1=O. The summed E-state index contributed by atoms with van der Waals surface area (Å²) in [5.74, 6) is 0.110. The van der Waals surface area contributed by atoms with Crippen LogP contribution in [0.4, 0.5) is 20.7 Å². The van der Waals surface area contributed by atoms with Gasteiger partial charge in [0.25, 0.3) is 0 Å². The highest BCUT2D eigenvalue weighted by molar-refractivity contribution is 5.81. The molecular weight excluding hydrogens is 517 g/mol. The number of benzene rings is 2. The fourth-order valence-electron chi connectivity index (χ4n) is 4.82. The molecule has 0 unspecified atom stereocenters. The van der Waals surface area contributed by atoms with Crippen molar-refractivity contribution in [2.75, 3.05) is 36.0 Å². The lowest BCUT2D eigenvalue weighted by Gasteiger charge is -2.36. The molecule has 0 radical (unpaired) electrons. The standard InChI is InChI=1S/C28H24FN7O4/c29-20-3-7-21(8-4-20)33-11-13-34(14-12-33)25-10-9-23-26(37)24(40-28(38)39)16-36(27(23)32-25)22-5-1-19(2-6-22)15-35-18-30-17-31-35/h1-10,16-18H,11-15H2,(H,38,39). The first-order valence-corrected chi connectivity index (χ1v) is 12.6. The Morgan fingerprint density at radius 2 is 1.62 bits per heavy atom. The smallest absolute Gasteiger partial charge is 0.449 e. The third-order valence-electron chi connectivity index (χ3n) is 6.82. The molecule has 6 rings (SSSR count). The molecule has 2 aromatic carbocycles. The van der Waals surface area contributed by atoms with Gasteiger partial charge in [-0.3, -0.25) is 9.36 Å². The normalized spacial score (nSPS) is 13.5. The molecule has 4 heterocycles. The second-order valence-electron chi connectivity index (χ2n) is 9.31. The highest BCUT2D eigenvalue weighted by Crippen LogP contribution is 2.25. The van der Waals surface area contributed by atoms with Crippen molar-refractivity contribution >= 4 is 28.7 Å². The van der Waals surface area contributed by atoms with Gasteiger partial charge in [0, 0.05) is 37.6 Å². The molecule has 202 valence electrons. The number of piperazine rings is 1. The van der Waals surface area contributed by atoms with Crippen LogP contribution < -0.4 is 20.0 Å². The van der Waals surface area contributed by atoms with Crippen molar-refractivity contribution < 1.29 is 19.0 Å². The molecule has 3 aromatic heterocycles. The number of anilines is 2. The van der Waals surface area contributed by atoms with Crippen molar-refractivity contribution in [1.29, 1.82) is 0 Å². The van der Waals surface area contributed by atoms with Crippen LogP contribution in [0.25, 0.3) is 16.7 Å². The summed E-state index contributed by atoms with van der Waals surface area (Å²) in [5, 5.41) is 13.5. The quantitative estimate of drug-likeness (QED) is 0.322. The maximum absolute atomic E-state index is 13.3. The van der Waals surface area contributed by atoms with Crippen LogP contribution in [0.5, 0.6) is 5.75 Å². The van der Waals surface area contributed by atoms with Gasteiger partial charge in [0.15, 0.2) is 11.4 Å². The lowest BCUT2D eigenvalue weighted by atomic mass is 10.2. The van der Waals surface area contributed by atoms with Crippen LogP contribution in [-0.2, 0) is 6.54 Å². The Hall–Kier alpha value is -5.26. The fourth-order valence-corrected chi connectivity index (χ4v) is 4.82. The third-order valence-corrected chi connectivity index (χ3v) is 6.82. The predicted octanol–water partition coefficient (Wildman–Crippen LogP) is 3.55. The van der Waals surface area contributed by atoms with E-state index in [1.165, 1.54) is 24.7 Å². The summed E-state index contributed by atoms with van der Waals surface area (Å²) < 4.78 is 21.5. The molecule has 1 aliphatic rings. The molecular formula is C28H24FN7O4. The largest absolute Gasteiger partial charge is 0.511 e. The van der Waals surface area contributed by atoms with E-state index in [9.17, 15) is 19.1 Å². The van der Waals surface area contributed by atoms with E-state index >= 15 is 0 Å². The van der Waals surface area contributed by atoms with Gasteiger partial charge in [-0.2, -0.15) is 5.10 Å². The number of nitrogens with zero attached hydrogens (tertiary/aromatic N) is 7. The Morgan fingerprint density at radius 1 is 0.925 bits per heavy atom. The summed E-state index contributed by atoms with van der Waals surface area (Å²) in [6.07, 6.45) is 2.88. The summed E-state index contributed by atoms with van der Waals surface area (Å²) in [5.41, 5.74) is 2.43. The van der Waals surface area contributed by atoms with Crippen molar-refractivity contribution in [2.45, 2.75) is 6.54 Å². The number of hydrogen-bond donors (Lipinski definition) is 1. The number of fused-ring (bicyclic) bond motifs is 1. The minimum Gasteiger partial charge on any atom is -0.449 e. The Bertz CT molecular complexity index is 1710. The molecule has 1 saturated heterocycles. The fraction of sp³-hybridized carbons (Fsp3) is 0.179. The Morgan fingerprint density at radius 3 is 2.30 bits per heavy atom. The van der Waals surface area contributed by atoms with Gasteiger partial charge in [0.05, 0.1) is 18.1 Å². The van der Waals surface area contributed by atoms with Crippen molar-refractivity contribution in [3.63, 3.8) is 0 Å². The molecule has 0 atom stereocenters. The number of rotatable bonds is 6. The van der Waals surface area contributed by atoms with E-state index in [2.05, 4.69) is 19.9 Å². The van der Waals surface area contributed by atoms with Gasteiger partial charge < -0.3 is 19.6 Å². The maximum atomic E-state index is 13.3. The number of carboxylic acid groups (broad SMARTS) is 1. The van der Waals surface area contributed by atoms with Crippen molar-refractivity contribution in [3.8, 4) is 11.4 Å². The van der Waals surface area contributed by atoms with Crippen LogP contribution in [0.1, 0.15) is 5.56 Å². The molecule has 0 bridgehead atoms. The number of carbonyl (C=O) groups is 1. The minimum absolute atomic E-state index is 0.235. The second kappa shape index (κ2) is 10.5. The first-order valence-electron chi connectivity index (χ1n) is 12.6. The van der Waals surface area contributed by atoms with E-state index in [0.29, 0.717) is 36.8 Å². The zero-order chi connectivity index (χ0) is 27.6. The maximum Gasteiger partial charge on any atom is 0.511 e. The van der Waals surface area contributed by atoms with Gasteiger partial charge in [-0.25, -0.2) is 23.8 Å². The second-order valence-corrected chi connectivity index (χ2v) is 9.31. The van der Waals surface area contributed by atoms with Crippen LogP contribution >= 0.6 is 0 Å². The molecule has 0 aliphatic carbocycles. The number of aromatic nitrogens is 5. The summed E-state index contributed by atoms with van der Waals surface area (Å²) in [4.78, 5) is 37.5. The van der Waals surface area contributed by atoms with E-state index in [4.69, 9.17) is 9.72 Å². The summed E-state index contributed by atoms with van der Waals surface area (Å²) in [6.45, 7) is 3.33. The summed E-state index contributed by atoms with van der Waals surface area (Å²) in [7, 11) is 0. The highest BCUT2D eigenvalue weighted by Gasteiger charge is 2.21.